The minimum Gasteiger partial charge on any atom is -0.311 e. The van der Waals surface area contributed by atoms with Gasteiger partial charge in [0.1, 0.15) is 0 Å². The van der Waals surface area contributed by atoms with Crippen molar-refractivity contribution in [2.45, 2.75) is 78.1 Å². The van der Waals surface area contributed by atoms with Crippen LogP contribution in [0.4, 0.5) is 5.69 Å². The number of hydrogen-bond donors (Lipinski definition) is 0. The van der Waals surface area contributed by atoms with E-state index in [0.29, 0.717) is 5.92 Å². The summed E-state index contributed by atoms with van der Waals surface area (Å²) in [7, 11) is 0. The highest BCUT2D eigenvalue weighted by Gasteiger charge is 2.46. The van der Waals surface area contributed by atoms with Gasteiger partial charge in [-0.05, 0) is 145 Å². The van der Waals surface area contributed by atoms with Crippen LogP contribution in [0.15, 0.2) is 212 Å². The van der Waals surface area contributed by atoms with Gasteiger partial charge in [-0.2, -0.15) is 0 Å². The molecule has 1 atom stereocenters. The summed E-state index contributed by atoms with van der Waals surface area (Å²) in [5.41, 5.74) is 16.3. The minimum atomic E-state index is -0.610. The van der Waals surface area contributed by atoms with Crippen LogP contribution in [-0.2, 0) is 5.41 Å². The van der Waals surface area contributed by atoms with Gasteiger partial charge in [-0.3, -0.25) is 0 Å². The Kier molecular flexibility index (Phi) is 13.4. The summed E-state index contributed by atoms with van der Waals surface area (Å²) in [4.78, 5) is 2.33. The van der Waals surface area contributed by atoms with Gasteiger partial charge in [-0.25, -0.2) is 0 Å². The first-order chi connectivity index (χ1) is 27.9. The number of nitrogens with zero attached hydrogens (tertiary/aromatic N) is 1. The number of rotatable bonds is 14. The van der Waals surface area contributed by atoms with Crippen LogP contribution in [0.1, 0.15) is 94.9 Å². The van der Waals surface area contributed by atoms with Gasteiger partial charge in [0, 0.05) is 17.1 Å². The smallest absolute Gasteiger partial charge is 0.0644 e. The Morgan fingerprint density at radius 2 is 1.53 bits per heavy atom. The largest absolute Gasteiger partial charge is 0.311 e. The molecule has 0 aliphatic heterocycles. The third-order valence-corrected chi connectivity index (χ3v) is 11.4. The Bertz CT molecular complexity index is 2300. The molecule has 0 N–H and O–H groups in total. The molecule has 0 aromatic heterocycles. The van der Waals surface area contributed by atoms with Crippen molar-refractivity contribution in [3.63, 3.8) is 0 Å². The van der Waals surface area contributed by atoms with E-state index in [1.54, 1.807) is 0 Å². The molecule has 3 aromatic carbocycles. The monoisotopic (exact) mass is 745 g/mol. The molecule has 3 aliphatic carbocycles. The Labute approximate surface area is 343 Å². The van der Waals surface area contributed by atoms with Crippen LogP contribution in [0, 0.1) is 0 Å². The predicted octanol–water partition coefficient (Wildman–Crippen LogP) is 15.8. The maximum atomic E-state index is 4.81. The number of unbranched alkanes of at least 4 members (excludes halogenated alkanes) is 1. The van der Waals surface area contributed by atoms with Crippen molar-refractivity contribution >= 4 is 16.8 Å². The van der Waals surface area contributed by atoms with Crippen LogP contribution in [0.25, 0.3) is 22.3 Å². The van der Waals surface area contributed by atoms with Gasteiger partial charge in [0.25, 0.3) is 0 Å². The Hall–Kier alpha value is -5.92. The summed E-state index contributed by atoms with van der Waals surface area (Å²) in [5.74, 6) is 0.522. The molecule has 1 saturated carbocycles. The van der Waals surface area contributed by atoms with Gasteiger partial charge < -0.3 is 4.90 Å². The van der Waals surface area contributed by atoms with Gasteiger partial charge in [-0.1, -0.05) is 173 Å². The Morgan fingerprint density at radius 3 is 2.16 bits per heavy atom. The van der Waals surface area contributed by atoms with Crippen molar-refractivity contribution in [1.29, 1.82) is 0 Å². The number of anilines is 1. The van der Waals surface area contributed by atoms with E-state index in [4.69, 9.17) is 6.58 Å². The summed E-state index contributed by atoms with van der Waals surface area (Å²) in [6.07, 6.45) is 40.8. The molecular formula is C56H59N. The van der Waals surface area contributed by atoms with Crippen molar-refractivity contribution in [3.8, 4) is 11.1 Å². The van der Waals surface area contributed by atoms with Crippen LogP contribution in [-0.4, -0.2) is 0 Å². The van der Waals surface area contributed by atoms with E-state index in [1.807, 2.05) is 0 Å². The molecule has 0 heterocycles. The lowest BCUT2D eigenvalue weighted by Gasteiger charge is -2.32. The van der Waals surface area contributed by atoms with Gasteiger partial charge in [0.05, 0.1) is 5.41 Å². The van der Waals surface area contributed by atoms with E-state index < -0.39 is 5.41 Å². The summed E-state index contributed by atoms with van der Waals surface area (Å²) in [6.45, 7) is 24.4. The van der Waals surface area contributed by atoms with Gasteiger partial charge in [-0.15, -0.1) is 0 Å². The number of allylic oxidation sites excluding steroid dienone is 21. The first kappa shape index (κ1) is 40.7. The molecule has 3 aliphatic rings. The van der Waals surface area contributed by atoms with E-state index in [-0.39, 0.29) is 0 Å². The molecule has 0 radical (unpaired) electrons. The lowest BCUT2D eigenvalue weighted by atomic mass is 9.69. The molecule has 0 saturated heterocycles. The third kappa shape index (κ3) is 8.30. The fraction of sp³-hybridized carbons (Fsp3) is 0.214. The Morgan fingerprint density at radius 1 is 0.807 bits per heavy atom. The highest BCUT2D eigenvalue weighted by molar-refractivity contribution is 5.95. The maximum Gasteiger partial charge on any atom is 0.0644 e. The molecule has 0 amide bonds. The zero-order chi connectivity index (χ0) is 40.4. The molecule has 1 unspecified atom stereocenters. The van der Waals surface area contributed by atoms with Crippen LogP contribution in [0.3, 0.4) is 0 Å². The van der Waals surface area contributed by atoms with E-state index >= 15 is 0 Å². The summed E-state index contributed by atoms with van der Waals surface area (Å²) in [6, 6.07) is 24.2. The van der Waals surface area contributed by atoms with Crippen LogP contribution < -0.4 is 4.90 Å². The fourth-order valence-electron chi connectivity index (χ4n) is 8.46. The van der Waals surface area contributed by atoms with E-state index in [1.165, 1.54) is 62.9 Å². The second-order valence-electron chi connectivity index (χ2n) is 14.9. The number of hydrogen-bond acceptors (Lipinski definition) is 1. The molecule has 57 heavy (non-hydrogen) atoms. The lowest BCUT2D eigenvalue weighted by molar-refractivity contribution is 0.789. The molecule has 3 aromatic rings. The van der Waals surface area contributed by atoms with Crippen molar-refractivity contribution in [2.24, 2.45) is 0 Å². The van der Waals surface area contributed by atoms with Crippen molar-refractivity contribution in [2.75, 3.05) is 4.90 Å². The summed E-state index contributed by atoms with van der Waals surface area (Å²) < 4.78 is 0. The molecule has 288 valence electrons. The average Bonchev–Trinajstić information content (AvgIpc) is 4.04. The molecule has 6 rings (SSSR count). The standard InChI is InChI=1S/C56H59N/c1-9-16-19-27-43(11-3)51-38-39-53-55(54(51)46-31-32-46)50(14-6)52(15-7)56(53)40-42(26-21-17-20-25-41(56)8)30-35-48(13-5)57(47(12-4)24-10-2)49-36-33-45(34-37-49)44-28-22-18-23-29-44/h10-15,17-25,27-30,33-40,46H,6-9,16,26,31-32H2,1-5H3/b21-17-,24-10-,25-20-,27-19-,35-30-,42-40+,43-11-,47-12+,48-13+. The summed E-state index contributed by atoms with van der Waals surface area (Å²) >= 11 is 0. The van der Waals surface area contributed by atoms with E-state index in [2.05, 4.69) is 217 Å². The first-order valence-corrected chi connectivity index (χ1v) is 20.7. The normalized spacial score (nSPS) is 21.1. The molecular weight excluding hydrogens is 687 g/mol. The quantitative estimate of drug-likeness (QED) is 0.149. The van der Waals surface area contributed by atoms with E-state index in [9.17, 15) is 0 Å². The second-order valence-corrected chi connectivity index (χ2v) is 14.9. The highest BCUT2D eigenvalue weighted by atomic mass is 15.1. The van der Waals surface area contributed by atoms with Crippen LogP contribution >= 0.6 is 0 Å². The van der Waals surface area contributed by atoms with Crippen LogP contribution in [0.5, 0.6) is 0 Å². The maximum absolute atomic E-state index is 4.81. The first-order valence-electron chi connectivity index (χ1n) is 20.7. The predicted molar refractivity (Wildman–Crippen MR) is 251 cm³/mol. The minimum absolute atomic E-state index is 0.522. The topological polar surface area (TPSA) is 3.24 Å². The van der Waals surface area contributed by atoms with Crippen molar-refractivity contribution in [3.05, 3.63) is 234 Å². The van der Waals surface area contributed by atoms with Gasteiger partial charge in [0.15, 0.2) is 0 Å². The third-order valence-electron chi connectivity index (χ3n) is 11.4. The molecule has 1 spiro atoms. The highest BCUT2D eigenvalue weighted by Crippen LogP contribution is 2.58. The number of benzene rings is 3. The molecule has 1 nitrogen and oxygen atoms in total. The summed E-state index contributed by atoms with van der Waals surface area (Å²) in [5, 5.41) is 0. The fourth-order valence-corrected chi connectivity index (χ4v) is 8.46. The van der Waals surface area contributed by atoms with E-state index in [0.717, 1.165) is 47.5 Å². The van der Waals surface area contributed by atoms with Crippen LogP contribution in [0.2, 0.25) is 0 Å². The van der Waals surface area contributed by atoms with Crippen molar-refractivity contribution < 1.29 is 0 Å². The lowest BCUT2D eigenvalue weighted by Crippen LogP contribution is -2.26. The SMILES string of the molecule is C=CC1=C(C=C)C2(/C=C(/C=C\C(=C/C)N(C(/C=C\C)=C/C)c3ccc(-c4ccccc4)cc3)C/C=C\C=C/C2=C)c2ccc(C(/C=C\CCC)=C\C)c(C3CC3)c21. The zero-order valence-corrected chi connectivity index (χ0v) is 34.8. The van der Waals surface area contributed by atoms with Crippen molar-refractivity contribution in [1.82, 2.24) is 0 Å². The van der Waals surface area contributed by atoms with Gasteiger partial charge >= 0.3 is 0 Å². The molecule has 1 heteroatoms. The zero-order valence-electron chi connectivity index (χ0n) is 34.8. The second kappa shape index (κ2) is 18.8. The average molecular weight is 746 g/mol. The Balaban J connectivity index is 1.51. The van der Waals surface area contributed by atoms with Gasteiger partial charge in [0.2, 0.25) is 0 Å². The molecule has 0 bridgehead atoms. The molecule has 1 fully saturated rings. The number of fused-ring (bicyclic) bond motifs is 2.